The van der Waals surface area contributed by atoms with Gasteiger partial charge in [-0.15, -0.1) is 0 Å². The highest BCUT2D eigenvalue weighted by molar-refractivity contribution is 7.99. The average molecular weight is 542 g/mol. The van der Waals surface area contributed by atoms with Crippen LogP contribution >= 0.6 is 11.8 Å². The van der Waals surface area contributed by atoms with Crippen molar-refractivity contribution in [1.29, 1.82) is 0 Å². The summed E-state index contributed by atoms with van der Waals surface area (Å²) in [7, 11) is 0. The molecule has 1 saturated heterocycles. The summed E-state index contributed by atoms with van der Waals surface area (Å²) in [5, 5.41) is 14.0. The van der Waals surface area contributed by atoms with Gasteiger partial charge in [0.05, 0.1) is 0 Å². The molecule has 4 aromatic rings. The second kappa shape index (κ2) is 10.9. The third-order valence-corrected chi connectivity index (χ3v) is 7.63. The fourth-order valence-electron chi connectivity index (χ4n) is 4.48. The van der Waals surface area contributed by atoms with Crippen molar-refractivity contribution < 1.29 is 4.79 Å². The summed E-state index contributed by atoms with van der Waals surface area (Å²) in [6.45, 7) is 7.44. The van der Waals surface area contributed by atoms with Gasteiger partial charge in [0.2, 0.25) is 17.8 Å². The van der Waals surface area contributed by atoms with Crippen LogP contribution in [0.15, 0.2) is 64.6 Å². The zero-order chi connectivity index (χ0) is 26.8. The van der Waals surface area contributed by atoms with Crippen LogP contribution in [0.4, 0.5) is 29.1 Å². The first-order chi connectivity index (χ1) is 19.0. The maximum Gasteiger partial charge on any atom is 0.234 e. The molecule has 2 aliphatic rings. The van der Waals surface area contributed by atoms with Crippen molar-refractivity contribution in [3.8, 4) is 0 Å². The molecular weight excluding hydrogens is 510 g/mol. The molecule has 6 rings (SSSR count). The summed E-state index contributed by atoms with van der Waals surface area (Å²) in [6, 6.07) is 18.3. The second-order valence-corrected chi connectivity index (χ2v) is 11.0. The third kappa shape index (κ3) is 6.31. The number of rotatable bonds is 8. The minimum absolute atomic E-state index is 0.101. The lowest BCUT2D eigenvalue weighted by Gasteiger charge is -2.36. The summed E-state index contributed by atoms with van der Waals surface area (Å²) < 4.78 is 0. The van der Waals surface area contributed by atoms with Gasteiger partial charge in [0.1, 0.15) is 0 Å². The van der Waals surface area contributed by atoms with E-state index in [-0.39, 0.29) is 11.8 Å². The molecule has 0 radical (unpaired) electrons. The molecule has 0 atom stereocenters. The molecule has 39 heavy (non-hydrogen) atoms. The van der Waals surface area contributed by atoms with Crippen molar-refractivity contribution in [1.82, 2.24) is 25.1 Å². The molecule has 10 nitrogen and oxygen atoms in total. The molecular formula is C28H31N9OS. The van der Waals surface area contributed by atoms with Gasteiger partial charge in [-0.2, -0.15) is 20.1 Å². The van der Waals surface area contributed by atoms with E-state index in [0.717, 1.165) is 55.3 Å². The van der Waals surface area contributed by atoms with Crippen LogP contribution in [0.1, 0.15) is 24.1 Å². The number of piperazine rings is 1. The molecule has 3 heterocycles. The van der Waals surface area contributed by atoms with Gasteiger partial charge in [0.15, 0.2) is 11.0 Å². The smallest absolute Gasteiger partial charge is 0.234 e. The number of carbonyl (C=O) groups excluding carboxylic acids is 1. The Bertz CT molecular complexity index is 1460. The van der Waals surface area contributed by atoms with Crippen molar-refractivity contribution in [2.75, 3.05) is 46.6 Å². The molecule has 2 aromatic carbocycles. The van der Waals surface area contributed by atoms with Crippen LogP contribution in [0.3, 0.4) is 0 Å². The number of nitrogens with zero attached hydrogens (tertiary/aromatic N) is 6. The van der Waals surface area contributed by atoms with Crippen LogP contribution in [-0.4, -0.2) is 57.2 Å². The number of hydrogen-bond acceptors (Lipinski definition) is 9. The van der Waals surface area contributed by atoms with Crippen LogP contribution in [-0.2, 0) is 4.79 Å². The molecule has 200 valence electrons. The summed E-state index contributed by atoms with van der Waals surface area (Å²) in [6.07, 6.45) is 1.97. The first-order valence-electron chi connectivity index (χ1n) is 13.2. The van der Waals surface area contributed by atoms with Crippen molar-refractivity contribution in [2.24, 2.45) is 5.92 Å². The van der Waals surface area contributed by atoms with Gasteiger partial charge in [0, 0.05) is 60.1 Å². The van der Waals surface area contributed by atoms with E-state index in [1.807, 2.05) is 37.3 Å². The summed E-state index contributed by atoms with van der Waals surface area (Å²) >= 11 is 1.46. The molecule has 1 amide bonds. The SMILES string of the molecule is Cc1cccc(N2CCN(c3nc(Nc4cc(C)[nH]n4)nc(Sc4ccc(NC(=O)C5CC5)cc4)n3)CC2)c1. The first kappa shape index (κ1) is 25.2. The molecule has 0 bridgehead atoms. The number of nitrogens with one attached hydrogen (secondary N) is 3. The maximum atomic E-state index is 12.1. The van der Waals surface area contributed by atoms with Gasteiger partial charge in [-0.3, -0.25) is 9.89 Å². The number of carbonyl (C=O) groups is 1. The fraction of sp³-hybridized carbons (Fsp3) is 0.321. The van der Waals surface area contributed by atoms with Crippen molar-refractivity contribution in [3.05, 3.63) is 65.9 Å². The van der Waals surface area contributed by atoms with Crippen molar-refractivity contribution >= 4 is 46.8 Å². The summed E-state index contributed by atoms with van der Waals surface area (Å²) in [4.78, 5) is 31.9. The van der Waals surface area contributed by atoms with Gasteiger partial charge in [-0.25, -0.2) is 0 Å². The molecule has 2 fully saturated rings. The number of aromatic amines is 1. The van der Waals surface area contributed by atoms with E-state index >= 15 is 0 Å². The van der Waals surface area contributed by atoms with Crippen LogP contribution < -0.4 is 20.4 Å². The normalized spacial score (nSPS) is 15.3. The Hall–Kier alpha value is -4.12. The molecule has 2 aromatic heterocycles. The van der Waals surface area contributed by atoms with Gasteiger partial charge < -0.3 is 20.4 Å². The zero-order valence-electron chi connectivity index (χ0n) is 22.0. The standard InChI is InChI=1S/C28H31N9OS/c1-18-4-3-5-22(16-18)36-12-14-37(15-13-36)27-31-26(30-24-17-19(2)34-35-24)32-28(33-27)39-23-10-8-21(9-11-23)29-25(38)20-6-7-20/h3-5,8-11,16-17,20H,6-7,12-15H2,1-2H3,(H,29,38)(H2,30,31,32,33,34,35). The number of aryl methyl sites for hydroxylation is 2. The van der Waals surface area contributed by atoms with E-state index in [1.54, 1.807) is 0 Å². The highest BCUT2D eigenvalue weighted by Gasteiger charge is 2.29. The lowest BCUT2D eigenvalue weighted by Crippen LogP contribution is -2.47. The Labute approximate surface area is 231 Å². The van der Waals surface area contributed by atoms with E-state index in [1.165, 1.54) is 23.0 Å². The minimum Gasteiger partial charge on any atom is -0.368 e. The Morgan fingerprint density at radius 3 is 2.41 bits per heavy atom. The monoisotopic (exact) mass is 541 g/mol. The van der Waals surface area contributed by atoms with E-state index in [0.29, 0.717) is 22.9 Å². The summed E-state index contributed by atoms with van der Waals surface area (Å²) in [5.41, 5.74) is 4.25. The average Bonchev–Trinajstić information content (AvgIpc) is 3.72. The molecule has 11 heteroatoms. The third-order valence-electron chi connectivity index (χ3n) is 6.76. The number of amides is 1. The molecule has 1 saturated carbocycles. The first-order valence-corrected chi connectivity index (χ1v) is 14.0. The number of aromatic nitrogens is 5. The van der Waals surface area contributed by atoms with Crippen LogP contribution in [0.2, 0.25) is 0 Å². The largest absolute Gasteiger partial charge is 0.368 e. The Morgan fingerprint density at radius 2 is 1.72 bits per heavy atom. The number of anilines is 5. The highest BCUT2D eigenvalue weighted by atomic mass is 32.2. The van der Waals surface area contributed by atoms with E-state index in [9.17, 15) is 4.79 Å². The maximum absolute atomic E-state index is 12.1. The number of H-pyrrole nitrogens is 1. The van der Waals surface area contributed by atoms with Crippen molar-refractivity contribution in [2.45, 2.75) is 36.7 Å². The lowest BCUT2D eigenvalue weighted by molar-refractivity contribution is -0.117. The quantitative estimate of drug-likeness (QED) is 0.290. The molecule has 1 aliphatic heterocycles. The van der Waals surface area contributed by atoms with E-state index in [4.69, 9.17) is 9.97 Å². The molecule has 0 unspecified atom stereocenters. The minimum atomic E-state index is 0.101. The van der Waals surface area contributed by atoms with Gasteiger partial charge in [0.25, 0.3) is 0 Å². The van der Waals surface area contributed by atoms with Crippen LogP contribution in [0, 0.1) is 19.8 Å². The Kier molecular flexibility index (Phi) is 7.06. The predicted octanol–water partition coefficient (Wildman–Crippen LogP) is 4.78. The second-order valence-electron chi connectivity index (χ2n) is 10.0. The molecule has 1 aliphatic carbocycles. The summed E-state index contributed by atoms with van der Waals surface area (Å²) in [5.74, 6) is 2.01. The Balaban J connectivity index is 1.19. The van der Waals surface area contributed by atoms with Gasteiger partial charge in [-0.1, -0.05) is 12.1 Å². The number of benzene rings is 2. The van der Waals surface area contributed by atoms with Crippen molar-refractivity contribution in [3.63, 3.8) is 0 Å². The highest BCUT2D eigenvalue weighted by Crippen LogP contribution is 2.32. The molecule has 3 N–H and O–H groups in total. The van der Waals surface area contributed by atoms with Crippen LogP contribution in [0.25, 0.3) is 0 Å². The lowest BCUT2D eigenvalue weighted by atomic mass is 10.2. The zero-order valence-corrected chi connectivity index (χ0v) is 22.8. The number of hydrogen-bond donors (Lipinski definition) is 3. The fourth-order valence-corrected chi connectivity index (χ4v) is 5.22. The van der Waals surface area contributed by atoms with Crippen LogP contribution in [0.5, 0.6) is 0 Å². The Morgan fingerprint density at radius 1 is 0.949 bits per heavy atom. The van der Waals surface area contributed by atoms with E-state index in [2.05, 4.69) is 66.8 Å². The van der Waals surface area contributed by atoms with E-state index < -0.39 is 0 Å². The van der Waals surface area contributed by atoms with Gasteiger partial charge >= 0.3 is 0 Å². The van der Waals surface area contributed by atoms with Gasteiger partial charge in [-0.05, 0) is 80.4 Å². The predicted molar refractivity (Wildman–Crippen MR) is 154 cm³/mol. The molecule has 0 spiro atoms. The topological polar surface area (TPSA) is 115 Å².